The first-order chi connectivity index (χ1) is 10.3. The Morgan fingerprint density at radius 1 is 1.05 bits per heavy atom. The summed E-state index contributed by atoms with van der Waals surface area (Å²) in [5.74, 6) is -0.427. The van der Waals surface area contributed by atoms with E-state index in [0.717, 1.165) is 16.7 Å². The first-order valence-corrected chi connectivity index (χ1v) is 8.23. The lowest BCUT2D eigenvalue weighted by Gasteiger charge is -2.10. The fraction of sp³-hybridized carbons (Fsp3) is 0.188. The highest BCUT2D eigenvalue weighted by molar-refractivity contribution is 7.92. The van der Waals surface area contributed by atoms with Gasteiger partial charge in [-0.3, -0.25) is 9.52 Å². The van der Waals surface area contributed by atoms with Crippen molar-refractivity contribution in [2.24, 2.45) is 5.73 Å². The van der Waals surface area contributed by atoms with Crippen LogP contribution in [0.4, 0.5) is 5.69 Å². The maximum Gasteiger partial charge on any atom is 0.261 e. The summed E-state index contributed by atoms with van der Waals surface area (Å²) in [6.07, 6.45) is 0.129. The van der Waals surface area contributed by atoms with Crippen LogP contribution in [0.15, 0.2) is 47.4 Å². The van der Waals surface area contributed by atoms with E-state index in [1.165, 1.54) is 0 Å². The summed E-state index contributed by atoms with van der Waals surface area (Å²) in [5, 5.41) is 0. The van der Waals surface area contributed by atoms with Gasteiger partial charge in [-0.15, -0.1) is 0 Å². The van der Waals surface area contributed by atoms with Gasteiger partial charge in [-0.2, -0.15) is 0 Å². The Morgan fingerprint density at radius 3 is 2.23 bits per heavy atom. The van der Waals surface area contributed by atoms with Gasteiger partial charge in [0.2, 0.25) is 5.91 Å². The molecule has 0 unspecified atom stereocenters. The lowest BCUT2D eigenvalue weighted by molar-refractivity contribution is -0.117. The summed E-state index contributed by atoms with van der Waals surface area (Å²) in [6, 6.07) is 11.5. The summed E-state index contributed by atoms with van der Waals surface area (Å²) in [7, 11) is -3.63. The first-order valence-electron chi connectivity index (χ1n) is 6.75. The van der Waals surface area contributed by atoms with E-state index in [0.29, 0.717) is 5.69 Å². The van der Waals surface area contributed by atoms with Gasteiger partial charge < -0.3 is 5.73 Å². The number of hydrogen-bond donors (Lipinski definition) is 2. The Bertz CT molecular complexity index is 797. The van der Waals surface area contributed by atoms with E-state index in [2.05, 4.69) is 4.72 Å². The van der Waals surface area contributed by atoms with Crippen molar-refractivity contribution in [2.75, 3.05) is 4.72 Å². The van der Waals surface area contributed by atoms with E-state index in [9.17, 15) is 13.2 Å². The molecule has 116 valence electrons. The molecular weight excluding hydrogens is 300 g/mol. The van der Waals surface area contributed by atoms with E-state index in [-0.39, 0.29) is 11.3 Å². The summed E-state index contributed by atoms with van der Waals surface area (Å²) in [4.78, 5) is 11.1. The number of sulfonamides is 1. The van der Waals surface area contributed by atoms with E-state index in [4.69, 9.17) is 5.73 Å². The molecule has 2 rings (SSSR count). The minimum Gasteiger partial charge on any atom is -0.369 e. The van der Waals surface area contributed by atoms with Gasteiger partial charge in [-0.1, -0.05) is 18.2 Å². The number of amides is 1. The lowest BCUT2D eigenvalue weighted by Crippen LogP contribution is -2.14. The molecule has 0 spiro atoms. The van der Waals surface area contributed by atoms with Gasteiger partial charge in [0.25, 0.3) is 10.0 Å². The second-order valence-electron chi connectivity index (χ2n) is 5.19. The van der Waals surface area contributed by atoms with Crippen molar-refractivity contribution in [2.45, 2.75) is 25.2 Å². The van der Waals surface area contributed by atoms with Gasteiger partial charge in [0.05, 0.1) is 11.3 Å². The molecule has 0 saturated carbocycles. The average Bonchev–Trinajstić information content (AvgIpc) is 2.43. The maximum absolute atomic E-state index is 12.3. The van der Waals surface area contributed by atoms with Crippen LogP contribution in [0.2, 0.25) is 0 Å². The topological polar surface area (TPSA) is 89.3 Å². The van der Waals surface area contributed by atoms with Gasteiger partial charge in [0.1, 0.15) is 0 Å². The summed E-state index contributed by atoms with van der Waals surface area (Å²) < 4.78 is 27.2. The second kappa shape index (κ2) is 6.19. The Hall–Kier alpha value is -2.34. The monoisotopic (exact) mass is 318 g/mol. The van der Waals surface area contributed by atoms with Crippen LogP contribution in [-0.2, 0) is 21.2 Å². The second-order valence-corrected chi connectivity index (χ2v) is 6.87. The van der Waals surface area contributed by atoms with Gasteiger partial charge in [-0.05, 0) is 54.8 Å². The van der Waals surface area contributed by atoms with Gasteiger partial charge in [0, 0.05) is 5.69 Å². The van der Waals surface area contributed by atoms with Crippen molar-refractivity contribution >= 4 is 21.6 Å². The predicted molar refractivity (Wildman–Crippen MR) is 86.1 cm³/mol. The van der Waals surface area contributed by atoms with Crippen molar-refractivity contribution in [1.29, 1.82) is 0 Å². The predicted octanol–water partition coefficient (Wildman–Crippen LogP) is 2.13. The zero-order valence-electron chi connectivity index (χ0n) is 12.5. The highest BCUT2D eigenvalue weighted by Crippen LogP contribution is 2.19. The molecule has 0 aromatic heterocycles. The van der Waals surface area contributed by atoms with Crippen molar-refractivity contribution < 1.29 is 13.2 Å². The van der Waals surface area contributed by atoms with Crippen LogP contribution < -0.4 is 10.5 Å². The largest absolute Gasteiger partial charge is 0.369 e. The Balaban J connectivity index is 2.21. The molecule has 1 amide bonds. The molecule has 3 N–H and O–H groups in total. The number of aryl methyl sites for hydroxylation is 2. The Labute approximate surface area is 130 Å². The third-order valence-corrected chi connectivity index (χ3v) is 4.75. The molecule has 0 saturated heterocycles. The third kappa shape index (κ3) is 3.85. The molecule has 0 radical (unpaired) electrons. The number of hydrogen-bond acceptors (Lipinski definition) is 3. The molecule has 0 aliphatic heterocycles. The van der Waals surface area contributed by atoms with Crippen molar-refractivity contribution in [1.82, 2.24) is 0 Å². The number of rotatable bonds is 5. The summed E-state index contributed by atoms with van der Waals surface area (Å²) >= 11 is 0. The van der Waals surface area contributed by atoms with E-state index >= 15 is 0 Å². The fourth-order valence-electron chi connectivity index (χ4n) is 1.99. The fourth-order valence-corrected chi connectivity index (χ4v) is 3.13. The smallest absolute Gasteiger partial charge is 0.261 e. The normalized spacial score (nSPS) is 11.2. The number of nitrogens with two attached hydrogens (primary N) is 1. The molecule has 0 aliphatic carbocycles. The summed E-state index contributed by atoms with van der Waals surface area (Å²) in [5.41, 5.74) is 8.24. The van der Waals surface area contributed by atoms with Crippen LogP contribution in [0, 0.1) is 13.8 Å². The van der Waals surface area contributed by atoms with Crippen LogP contribution in [-0.4, -0.2) is 14.3 Å². The average molecular weight is 318 g/mol. The van der Waals surface area contributed by atoms with Gasteiger partial charge in [0.15, 0.2) is 0 Å². The number of carbonyl (C=O) groups is 1. The summed E-state index contributed by atoms with van der Waals surface area (Å²) in [6.45, 7) is 3.80. The number of primary amides is 1. The van der Waals surface area contributed by atoms with E-state index < -0.39 is 15.9 Å². The van der Waals surface area contributed by atoms with Gasteiger partial charge in [-0.25, -0.2) is 8.42 Å². The Morgan fingerprint density at radius 2 is 1.68 bits per heavy atom. The molecule has 0 bridgehead atoms. The molecule has 0 atom stereocenters. The molecule has 2 aromatic rings. The molecule has 0 fully saturated rings. The standard InChI is InChI=1S/C16H18N2O3S/c1-11-3-8-15(9-12(11)2)22(20,21)18-14-6-4-13(5-7-14)10-16(17)19/h3-9,18H,10H2,1-2H3,(H2,17,19). The maximum atomic E-state index is 12.3. The van der Waals surface area contributed by atoms with E-state index in [1.54, 1.807) is 42.5 Å². The van der Waals surface area contributed by atoms with Crippen molar-refractivity contribution in [3.8, 4) is 0 Å². The SMILES string of the molecule is Cc1ccc(S(=O)(=O)Nc2ccc(CC(N)=O)cc2)cc1C. The van der Waals surface area contributed by atoms with Crippen molar-refractivity contribution in [3.63, 3.8) is 0 Å². The number of benzene rings is 2. The zero-order valence-corrected chi connectivity index (χ0v) is 13.3. The van der Waals surface area contributed by atoms with Crippen molar-refractivity contribution in [3.05, 3.63) is 59.2 Å². The minimum absolute atomic E-state index is 0.129. The Kier molecular flexibility index (Phi) is 4.51. The van der Waals surface area contributed by atoms with Crippen LogP contribution in [0.5, 0.6) is 0 Å². The molecule has 2 aromatic carbocycles. The number of anilines is 1. The zero-order chi connectivity index (χ0) is 16.3. The first kappa shape index (κ1) is 16.0. The highest BCUT2D eigenvalue weighted by atomic mass is 32.2. The molecule has 6 heteroatoms. The third-order valence-electron chi connectivity index (χ3n) is 3.37. The quantitative estimate of drug-likeness (QED) is 0.885. The molecule has 5 nitrogen and oxygen atoms in total. The molecular formula is C16H18N2O3S. The lowest BCUT2D eigenvalue weighted by atomic mass is 10.1. The molecule has 0 aliphatic rings. The molecule has 0 heterocycles. The molecule has 22 heavy (non-hydrogen) atoms. The van der Waals surface area contributed by atoms with Crippen LogP contribution in [0.1, 0.15) is 16.7 Å². The van der Waals surface area contributed by atoms with E-state index in [1.807, 2.05) is 13.8 Å². The van der Waals surface area contributed by atoms with Crippen LogP contribution in [0.3, 0.4) is 0 Å². The van der Waals surface area contributed by atoms with Crippen LogP contribution >= 0.6 is 0 Å². The van der Waals surface area contributed by atoms with Gasteiger partial charge >= 0.3 is 0 Å². The van der Waals surface area contributed by atoms with Crippen LogP contribution in [0.25, 0.3) is 0 Å². The number of nitrogens with one attached hydrogen (secondary N) is 1. The highest BCUT2D eigenvalue weighted by Gasteiger charge is 2.14. The number of carbonyl (C=O) groups excluding carboxylic acids is 1. The minimum atomic E-state index is -3.63.